The number of aromatic amines is 1. The van der Waals surface area contributed by atoms with E-state index >= 15 is 0 Å². The molecular weight excluding hydrogens is 325 g/mol. The number of fused-ring (bicyclic) bond motifs is 3. The molecule has 2 aliphatic rings. The minimum absolute atomic E-state index is 0.216. The molecule has 5 rings (SSSR count). The summed E-state index contributed by atoms with van der Waals surface area (Å²) in [5.74, 6) is 2.85. The smallest absolute Gasteiger partial charge is 0.267 e. The van der Waals surface area contributed by atoms with Gasteiger partial charge in [-0.15, -0.1) is 0 Å². The molecule has 1 N–H and O–H groups in total. The van der Waals surface area contributed by atoms with Crippen LogP contribution in [0.25, 0.3) is 22.4 Å². The number of rotatable bonds is 2. The largest absolute Gasteiger partial charge is 0.377 e. The van der Waals surface area contributed by atoms with E-state index < -0.39 is 0 Å². The molecule has 7 heteroatoms. The summed E-state index contributed by atoms with van der Waals surface area (Å²) in [6.45, 7) is 1.65. The molecule has 0 aromatic carbocycles. The van der Waals surface area contributed by atoms with Crippen LogP contribution in [0.15, 0.2) is 24.7 Å². The van der Waals surface area contributed by atoms with Gasteiger partial charge in [0.25, 0.3) is 6.71 Å². The molecule has 0 atom stereocenters. The highest BCUT2D eigenvalue weighted by molar-refractivity contribution is 6.67. The molecule has 0 radical (unpaired) electrons. The number of ether oxygens (including phenoxy) is 1. The molecule has 0 spiro atoms. The van der Waals surface area contributed by atoms with E-state index in [0.717, 1.165) is 61.0 Å². The van der Waals surface area contributed by atoms with Gasteiger partial charge in [-0.05, 0) is 12.0 Å². The monoisotopic (exact) mass is 345 g/mol. The van der Waals surface area contributed by atoms with Crippen LogP contribution in [-0.2, 0) is 4.74 Å². The van der Waals surface area contributed by atoms with Crippen LogP contribution in [0.2, 0.25) is 12.6 Å². The van der Waals surface area contributed by atoms with Gasteiger partial charge in [0.15, 0.2) is 11.3 Å². The van der Waals surface area contributed by atoms with Crippen LogP contribution in [0.3, 0.4) is 0 Å². The van der Waals surface area contributed by atoms with Crippen LogP contribution in [0.5, 0.6) is 0 Å². The van der Waals surface area contributed by atoms with Gasteiger partial charge in [0, 0.05) is 29.8 Å². The Kier molecular flexibility index (Phi) is 3.79. The van der Waals surface area contributed by atoms with Crippen molar-refractivity contribution in [3.8, 4) is 5.97 Å². The van der Waals surface area contributed by atoms with E-state index in [0.29, 0.717) is 12.5 Å². The lowest BCUT2D eigenvalue weighted by Crippen LogP contribution is -2.18. The summed E-state index contributed by atoms with van der Waals surface area (Å²) in [6.07, 6.45) is 13.2. The molecule has 0 amide bonds. The summed E-state index contributed by atoms with van der Waals surface area (Å²) in [5, 5.41) is 9.12. The van der Waals surface area contributed by atoms with Crippen molar-refractivity contribution >= 4 is 29.1 Å². The maximum Gasteiger partial charge on any atom is 0.267 e. The maximum atomic E-state index is 9.12. The van der Waals surface area contributed by atoms with Crippen LogP contribution in [0.4, 0.5) is 0 Å². The van der Waals surface area contributed by atoms with Crippen molar-refractivity contribution in [3.63, 3.8) is 0 Å². The van der Waals surface area contributed by atoms with E-state index in [1.165, 1.54) is 11.1 Å². The van der Waals surface area contributed by atoms with Gasteiger partial charge >= 0.3 is 0 Å². The van der Waals surface area contributed by atoms with Crippen molar-refractivity contribution < 1.29 is 4.74 Å². The van der Waals surface area contributed by atoms with Crippen molar-refractivity contribution in [3.05, 3.63) is 35.9 Å². The van der Waals surface area contributed by atoms with E-state index in [1.54, 1.807) is 0 Å². The number of hydrogen-bond acceptors (Lipinski definition) is 4. The summed E-state index contributed by atoms with van der Waals surface area (Å²) >= 11 is 0. The Morgan fingerprint density at radius 3 is 3.00 bits per heavy atom. The molecule has 26 heavy (non-hydrogen) atoms. The lowest BCUT2D eigenvalue weighted by Gasteiger charge is -2.21. The van der Waals surface area contributed by atoms with Crippen molar-refractivity contribution in [1.29, 1.82) is 5.26 Å². The van der Waals surface area contributed by atoms with Gasteiger partial charge in [0.2, 0.25) is 0 Å². The van der Waals surface area contributed by atoms with Gasteiger partial charge < -0.3 is 9.72 Å². The van der Waals surface area contributed by atoms with Crippen LogP contribution in [0, 0.1) is 11.2 Å². The Labute approximate surface area is 152 Å². The minimum atomic E-state index is 0.216. The number of hydrogen-bond donors (Lipinski definition) is 1. The Bertz CT molecular complexity index is 1040. The topological polar surface area (TPSA) is 79.0 Å². The van der Waals surface area contributed by atoms with Crippen LogP contribution in [0.1, 0.15) is 36.4 Å². The first-order valence-electron chi connectivity index (χ1n) is 9.35. The predicted octanol–water partition coefficient (Wildman–Crippen LogP) is 3.45. The summed E-state index contributed by atoms with van der Waals surface area (Å²) in [7, 11) is 0. The second kappa shape index (κ2) is 6.29. The normalized spacial score (nSPS) is 19.0. The fourth-order valence-electron chi connectivity index (χ4n) is 4.28. The first-order chi connectivity index (χ1) is 12.8. The van der Waals surface area contributed by atoms with Crippen LogP contribution < -0.4 is 0 Å². The summed E-state index contributed by atoms with van der Waals surface area (Å²) in [5.41, 5.74) is 6.50. The Balaban J connectivity index is 1.58. The van der Waals surface area contributed by atoms with E-state index in [1.807, 2.05) is 12.4 Å². The van der Waals surface area contributed by atoms with E-state index in [4.69, 9.17) is 15.0 Å². The zero-order valence-electron chi connectivity index (χ0n) is 14.6. The molecule has 0 unspecified atom stereocenters. The molecule has 0 saturated carbocycles. The van der Waals surface area contributed by atoms with Gasteiger partial charge in [-0.3, -0.25) is 4.40 Å². The summed E-state index contributed by atoms with van der Waals surface area (Å²) in [4.78, 5) is 12.7. The Hall–Kier alpha value is -2.59. The van der Waals surface area contributed by atoms with Crippen LogP contribution >= 0.6 is 0 Å². The van der Waals surface area contributed by atoms with Crippen molar-refractivity contribution in [1.82, 2.24) is 19.4 Å². The summed E-state index contributed by atoms with van der Waals surface area (Å²) < 4.78 is 7.63. The van der Waals surface area contributed by atoms with Crippen molar-refractivity contribution in [2.24, 2.45) is 0 Å². The van der Waals surface area contributed by atoms with Gasteiger partial charge in [0.1, 0.15) is 0 Å². The first-order valence-corrected chi connectivity index (χ1v) is 9.35. The number of nitrogens with zero attached hydrogens (tertiary/aromatic N) is 4. The fourth-order valence-corrected chi connectivity index (χ4v) is 4.28. The average molecular weight is 345 g/mol. The van der Waals surface area contributed by atoms with Gasteiger partial charge in [-0.2, -0.15) is 0 Å². The third kappa shape index (κ3) is 2.53. The van der Waals surface area contributed by atoms with E-state index in [2.05, 4.69) is 32.6 Å². The lowest BCUT2D eigenvalue weighted by atomic mass is 9.41. The Morgan fingerprint density at radius 2 is 2.23 bits per heavy atom. The number of nitriles is 1. The highest BCUT2D eigenvalue weighted by Gasteiger charge is 2.27. The minimum Gasteiger partial charge on any atom is -0.377 e. The molecule has 5 heterocycles. The molecule has 130 valence electrons. The molecule has 1 fully saturated rings. The molecule has 3 aromatic heterocycles. The van der Waals surface area contributed by atoms with E-state index in [9.17, 15) is 0 Å². The lowest BCUT2D eigenvalue weighted by molar-refractivity contribution is 0.161. The fraction of sp³-hybridized carbons (Fsp3) is 0.421. The standard InChI is InChI=1S/C19H20BN5O/c21-12-20-5-1-14(2-6-20)16-11-25-17(24-16)10-23-19-18(25)15(9-22-19)13-3-7-26-8-4-13/h3,9-11,14,22H,1-2,4-8H2. The molecule has 6 nitrogen and oxygen atoms in total. The third-order valence-electron chi connectivity index (χ3n) is 5.77. The molecule has 3 aromatic rings. The number of H-pyrrole nitrogens is 1. The molecule has 0 bridgehead atoms. The molecule has 0 aliphatic carbocycles. The second-order valence-electron chi connectivity index (χ2n) is 7.28. The van der Waals surface area contributed by atoms with Crippen molar-refractivity contribution in [2.45, 2.75) is 37.8 Å². The third-order valence-corrected chi connectivity index (χ3v) is 5.77. The van der Waals surface area contributed by atoms with Crippen LogP contribution in [-0.4, -0.2) is 39.3 Å². The number of aromatic nitrogens is 4. The molecular formula is C19H20BN5O. The second-order valence-corrected chi connectivity index (χ2v) is 7.28. The Morgan fingerprint density at radius 1 is 1.35 bits per heavy atom. The van der Waals surface area contributed by atoms with E-state index in [-0.39, 0.29) is 6.71 Å². The van der Waals surface area contributed by atoms with Gasteiger partial charge in [-0.25, -0.2) is 15.2 Å². The highest BCUT2D eigenvalue weighted by Crippen LogP contribution is 2.34. The zero-order chi connectivity index (χ0) is 17.5. The van der Waals surface area contributed by atoms with Gasteiger partial charge in [-0.1, -0.05) is 31.6 Å². The predicted molar refractivity (Wildman–Crippen MR) is 101 cm³/mol. The highest BCUT2D eigenvalue weighted by atomic mass is 16.5. The average Bonchev–Trinajstić information content (AvgIpc) is 3.32. The number of imidazole rings is 1. The van der Waals surface area contributed by atoms with Crippen molar-refractivity contribution in [2.75, 3.05) is 13.2 Å². The molecule has 2 aliphatic heterocycles. The zero-order valence-corrected chi connectivity index (χ0v) is 14.6. The molecule has 1 saturated heterocycles. The number of nitrogens with one attached hydrogen (secondary N) is 1. The summed E-state index contributed by atoms with van der Waals surface area (Å²) in [6, 6.07) is 0. The SMILES string of the molecule is N#CB1CCC(c2cn3c(cnc4[nH]cc(C5=CCOCC5)c43)n2)CC1. The van der Waals surface area contributed by atoms with Gasteiger partial charge in [0.05, 0.1) is 30.6 Å². The maximum absolute atomic E-state index is 9.12. The quantitative estimate of drug-likeness (QED) is 0.722. The first kappa shape index (κ1) is 15.7.